The van der Waals surface area contributed by atoms with Gasteiger partial charge < -0.3 is 16.2 Å². The number of hydrogen-bond acceptors (Lipinski definition) is 3. The fourth-order valence-electron chi connectivity index (χ4n) is 2.94. The molecule has 0 radical (unpaired) electrons. The summed E-state index contributed by atoms with van der Waals surface area (Å²) in [5.74, 6) is -2.91. The van der Waals surface area contributed by atoms with Crippen molar-refractivity contribution in [3.8, 4) is 0 Å². The summed E-state index contributed by atoms with van der Waals surface area (Å²) in [5.41, 5.74) is 4.97. The van der Waals surface area contributed by atoms with Crippen molar-refractivity contribution in [1.82, 2.24) is 5.32 Å². The number of rotatable bonds is 5. The zero-order valence-corrected chi connectivity index (χ0v) is 9.83. The SMILES string of the molecule is NC(=O)CCNC(=O)[C@H]1C2C=CC(C2)[C@H]1C(=O)O. The number of aliphatic carboxylic acids is 1. The minimum absolute atomic E-state index is 0.00433. The lowest BCUT2D eigenvalue weighted by atomic mass is 9.82. The highest BCUT2D eigenvalue weighted by molar-refractivity contribution is 5.87. The number of hydrogen-bond donors (Lipinski definition) is 3. The zero-order valence-electron chi connectivity index (χ0n) is 9.83. The Balaban J connectivity index is 1.98. The van der Waals surface area contributed by atoms with Gasteiger partial charge in [0.15, 0.2) is 0 Å². The molecule has 4 N–H and O–H groups in total. The summed E-state index contributed by atoms with van der Waals surface area (Å²) in [4.78, 5) is 33.7. The van der Waals surface area contributed by atoms with Gasteiger partial charge in [0.25, 0.3) is 0 Å². The Hall–Kier alpha value is -1.85. The van der Waals surface area contributed by atoms with E-state index in [0.29, 0.717) is 0 Å². The number of amides is 2. The molecule has 2 rings (SSSR count). The highest BCUT2D eigenvalue weighted by Crippen LogP contribution is 2.48. The van der Waals surface area contributed by atoms with Gasteiger partial charge in [0.1, 0.15) is 0 Å². The van der Waals surface area contributed by atoms with E-state index in [4.69, 9.17) is 5.73 Å². The van der Waals surface area contributed by atoms with E-state index >= 15 is 0 Å². The molecular formula is C12H16N2O4. The first kappa shape index (κ1) is 12.6. The Bertz CT molecular complexity index is 418. The number of fused-ring (bicyclic) bond motifs is 2. The molecule has 98 valence electrons. The molecule has 6 nitrogen and oxygen atoms in total. The molecule has 2 aliphatic rings. The third-order valence-corrected chi connectivity index (χ3v) is 3.72. The van der Waals surface area contributed by atoms with Gasteiger partial charge in [-0.3, -0.25) is 14.4 Å². The highest BCUT2D eigenvalue weighted by Gasteiger charge is 2.51. The lowest BCUT2D eigenvalue weighted by Gasteiger charge is -2.23. The Morgan fingerprint density at radius 2 is 1.83 bits per heavy atom. The molecule has 1 saturated carbocycles. The number of allylic oxidation sites excluding steroid dienone is 2. The van der Waals surface area contributed by atoms with Crippen molar-refractivity contribution >= 4 is 17.8 Å². The van der Waals surface area contributed by atoms with Gasteiger partial charge in [0, 0.05) is 13.0 Å². The third-order valence-electron chi connectivity index (χ3n) is 3.72. The van der Waals surface area contributed by atoms with E-state index in [1.165, 1.54) is 0 Å². The van der Waals surface area contributed by atoms with Gasteiger partial charge in [-0.25, -0.2) is 0 Å². The second-order valence-electron chi connectivity index (χ2n) is 4.85. The van der Waals surface area contributed by atoms with E-state index in [1.54, 1.807) is 0 Å². The van der Waals surface area contributed by atoms with Gasteiger partial charge in [-0.15, -0.1) is 0 Å². The standard InChI is InChI=1S/C12H16N2O4/c13-8(15)3-4-14-11(16)9-6-1-2-7(5-6)10(9)12(17)18/h1-2,6-7,9-10H,3-5H2,(H2,13,15)(H,14,16)(H,17,18)/t6?,7?,9-,10+/m0/s1. The van der Waals surface area contributed by atoms with Crippen molar-refractivity contribution in [1.29, 1.82) is 0 Å². The minimum atomic E-state index is -0.929. The Morgan fingerprint density at radius 1 is 1.22 bits per heavy atom. The Kier molecular flexibility index (Phi) is 3.36. The van der Waals surface area contributed by atoms with Gasteiger partial charge in [0.2, 0.25) is 11.8 Å². The first-order chi connectivity index (χ1) is 8.50. The summed E-state index contributed by atoms with van der Waals surface area (Å²) < 4.78 is 0. The average molecular weight is 252 g/mol. The van der Waals surface area contributed by atoms with E-state index in [9.17, 15) is 19.5 Å². The average Bonchev–Trinajstić information content (AvgIpc) is 2.87. The smallest absolute Gasteiger partial charge is 0.307 e. The number of nitrogens with two attached hydrogens (primary N) is 1. The van der Waals surface area contributed by atoms with Crippen molar-refractivity contribution < 1.29 is 19.5 Å². The predicted octanol–water partition coefficient (Wildman–Crippen LogP) is -0.499. The summed E-state index contributed by atoms with van der Waals surface area (Å²) >= 11 is 0. The fraction of sp³-hybridized carbons (Fsp3) is 0.583. The second-order valence-corrected chi connectivity index (χ2v) is 4.85. The number of carbonyl (C=O) groups excluding carboxylic acids is 2. The Morgan fingerprint density at radius 3 is 2.39 bits per heavy atom. The molecule has 0 aromatic carbocycles. The van der Waals surface area contributed by atoms with E-state index < -0.39 is 23.7 Å². The van der Waals surface area contributed by atoms with Crippen molar-refractivity contribution in [2.45, 2.75) is 12.8 Å². The van der Waals surface area contributed by atoms with Crippen molar-refractivity contribution in [2.24, 2.45) is 29.4 Å². The number of primary amides is 1. The summed E-state index contributed by atoms with van der Waals surface area (Å²) in [7, 11) is 0. The lowest BCUT2D eigenvalue weighted by molar-refractivity contribution is -0.147. The lowest BCUT2D eigenvalue weighted by Crippen LogP contribution is -2.41. The van der Waals surface area contributed by atoms with E-state index in [0.717, 1.165) is 6.42 Å². The summed E-state index contributed by atoms with van der Waals surface area (Å²) in [6.45, 7) is 0.165. The molecule has 2 aliphatic carbocycles. The molecule has 0 aliphatic heterocycles. The fourth-order valence-corrected chi connectivity index (χ4v) is 2.94. The maximum atomic E-state index is 12.0. The molecule has 0 aromatic rings. The van der Waals surface area contributed by atoms with Crippen LogP contribution in [0.15, 0.2) is 12.2 Å². The predicted molar refractivity (Wildman–Crippen MR) is 62.2 cm³/mol. The molecule has 4 atom stereocenters. The number of carboxylic acids is 1. The molecule has 0 aromatic heterocycles. The first-order valence-electron chi connectivity index (χ1n) is 5.98. The van der Waals surface area contributed by atoms with Crippen LogP contribution >= 0.6 is 0 Å². The number of nitrogens with one attached hydrogen (secondary N) is 1. The van der Waals surface area contributed by atoms with Gasteiger partial charge in [0.05, 0.1) is 11.8 Å². The summed E-state index contributed by atoms with van der Waals surface area (Å²) in [6.07, 6.45) is 4.60. The van der Waals surface area contributed by atoms with E-state index in [-0.39, 0.29) is 30.7 Å². The molecule has 6 heteroatoms. The van der Waals surface area contributed by atoms with Crippen LogP contribution in [0.4, 0.5) is 0 Å². The van der Waals surface area contributed by atoms with Crippen LogP contribution < -0.4 is 11.1 Å². The van der Waals surface area contributed by atoms with Crippen LogP contribution in [0.25, 0.3) is 0 Å². The van der Waals surface area contributed by atoms with E-state index in [1.807, 2.05) is 12.2 Å². The van der Waals surface area contributed by atoms with Gasteiger partial charge >= 0.3 is 5.97 Å². The van der Waals surface area contributed by atoms with Crippen LogP contribution in [-0.4, -0.2) is 29.4 Å². The van der Waals surface area contributed by atoms with Gasteiger partial charge in [-0.05, 0) is 18.3 Å². The second kappa shape index (κ2) is 4.80. The highest BCUT2D eigenvalue weighted by atomic mass is 16.4. The first-order valence-corrected chi connectivity index (χ1v) is 5.98. The number of carbonyl (C=O) groups is 3. The normalized spacial score (nSPS) is 32.4. The summed E-state index contributed by atoms with van der Waals surface area (Å²) in [5, 5.41) is 11.8. The molecule has 1 fully saturated rings. The maximum Gasteiger partial charge on any atom is 0.307 e. The van der Waals surface area contributed by atoms with Crippen molar-refractivity contribution in [3.05, 3.63) is 12.2 Å². The van der Waals surface area contributed by atoms with Gasteiger partial charge in [-0.1, -0.05) is 12.2 Å². The van der Waals surface area contributed by atoms with Crippen LogP contribution in [0.3, 0.4) is 0 Å². The van der Waals surface area contributed by atoms with Crippen LogP contribution in [0, 0.1) is 23.7 Å². The molecule has 18 heavy (non-hydrogen) atoms. The molecule has 2 bridgehead atoms. The minimum Gasteiger partial charge on any atom is -0.481 e. The van der Waals surface area contributed by atoms with Gasteiger partial charge in [-0.2, -0.15) is 0 Å². The largest absolute Gasteiger partial charge is 0.481 e. The topological polar surface area (TPSA) is 109 Å². The molecular weight excluding hydrogens is 236 g/mol. The molecule has 2 unspecified atom stereocenters. The van der Waals surface area contributed by atoms with Crippen molar-refractivity contribution in [3.63, 3.8) is 0 Å². The van der Waals surface area contributed by atoms with Crippen LogP contribution in [0.1, 0.15) is 12.8 Å². The molecule has 0 heterocycles. The third kappa shape index (κ3) is 2.23. The van der Waals surface area contributed by atoms with Crippen LogP contribution in [0.5, 0.6) is 0 Å². The molecule has 2 amide bonds. The molecule has 0 saturated heterocycles. The molecule has 0 spiro atoms. The number of carboxylic acid groups (broad SMARTS) is 1. The Labute approximate surface area is 104 Å². The van der Waals surface area contributed by atoms with Crippen LogP contribution in [0.2, 0.25) is 0 Å². The maximum absolute atomic E-state index is 12.0. The van der Waals surface area contributed by atoms with Crippen molar-refractivity contribution in [2.75, 3.05) is 6.54 Å². The van der Waals surface area contributed by atoms with E-state index in [2.05, 4.69) is 5.32 Å². The summed E-state index contributed by atoms with van der Waals surface area (Å²) in [6, 6.07) is 0. The zero-order chi connectivity index (χ0) is 13.3. The quantitative estimate of drug-likeness (QED) is 0.573. The van der Waals surface area contributed by atoms with Crippen LogP contribution in [-0.2, 0) is 14.4 Å². The monoisotopic (exact) mass is 252 g/mol.